The lowest BCUT2D eigenvalue weighted by molar-refractivity contribution is -0.119. The molecular weight excluding hydrogens is 422 g/mol. The summed E-state index contributed by atoms with van der Waals surface area (Å²) in [4.78, 5) is 38.3. The summed E-state index contributed by atoms with van der Waals surface area (Å²) in [5.74, 6) is -0.469. The van der Waals surface area contributed by atoms with Gasteiger partial charge in [-0.05, 0) is 38.2 Å². The molecule has 3 rings (SSSR count). The van der Waals surface area contributed by atoms with Gasteiger partial charge in [-0.3, -0.25) is 19.2 Å². The Morgan fingerprint density at radius 1 is 1.24 bits per heavy atom. The maximum atomic E-state index is 13.3. The van der Waals surface area contributed by atoms with E-state index in [0.29, 0.717) is 25.1 Å². The quantitative estimate of drug-likeness (QED) is 0.615. The second-order valence-corrected chi connectivity index (χ2v) is 10.2. The molecule has 180 valence electrons. The van der Waals surface area contributed by atoms with E-state index in [1.165, 1.54) is 11.8 Å². The zero-order valence-electron chi connectivity index (χ0n) is 20.3. The predicted molar refractivity (Wildman–Crippen MR) is 126 cm³/mol. The SMILES string of the molecule is CC(=O)NCC[C@]1(C(C)(C)C)C[C@H](NC(=O)c2nn(C(C)C)c3ccccc23)CN1C(=O)O. The van der Waals surface area contributed by atoms with E-state index < -0.39 is 17.0 Å². The van der Waals surface area contributed by atoms with Crippen LogP contribution in [0.5, 0.6) is 0 Å². The van der Waals surface area contributed by atoms with Crippen molar-refractivity contribution in [1.29, 1.82) is 0 Å². The molecular formula is C24H35N5O4. The number of fused-ring (bicyclic) bond motifs is 1. The first-order valence-electron chi connectivity index (χ1n) is 11.4. The molecule has 0 spiro atoms. The minimum absolute atomic E-state index is 0.0905. The van der Waals surface area contributed by atoms with Crippen molar-refractivity contribution in [1.82, 2.24) is 25.3 Å². The van der Waals surface area contributed by atoms with E-state index in [2.05, 4.69) is 15.7 Å². The Hall–Kier alpha value is -3.10. The van der Waals surface area contributed by atoms with Gasteiger partial charge in [0.2, 0.25) is 5.91 Å². The largest absolute Gasteiger partial charge is 0.465 e. The highest BCUT2D eigenvalue weighted by molar-refractivity contribution is 6.05. The minimum Gasteiger partial charge on any atom is -0.465 e. The Kier molecular flexibility index (Phi) is 6.72. The third kappa shape index (κ3) is 4.67. The van der Waals surface area contributed by atoms with E-state index >= 15 is 0 Å². The number of benzene rings is 1. The first kappa shape index (κ1) is 24.5. The molecule has 0 aliphatic carbocycles. The standard InChI is InChI=1S/C24H35N5O4/c1-15(2)29-19-10-8-7-9-18(19)20(27-29)21(31)26-17-13-24(23(4,5)6,11-12-25-16(3)30)28(14-17)22(32)33/h7-10,15,17H,11-14H2,1-6H3,(H,25,30)(H,26,31)(H,32,33)/t17-,24+/m0/s1. The molecule has 1 aromatic heterocycles. The molecule has 1 aliphatic rings. The van der Waals surface area contributed by atoms with Gasteiger partial charge < -0.3 is 15.7 Å². The van der Waals surface area contributed by atoms with Gasteiger partial charge in [-0.15, -0.1) is 0 Å². The van der Waals surface area contributed by atoms with Gasteiger partial charge in [0.05, 0.1) is 11.1 Å². The van der Waals surface area contributed by atoms with E-state index in [1.807, 2.05) is 63.6 Å². The van der Waals surface area contributed by atoms with Crippen LogP contribution >= 0.6 is 0 Å². The van der Waals surface area contributed by atoms with Crippen molar-refractivity contribution in [3.63, 3.8) is 0 Å². The zero-order valence-corrected chi connectivity index (χ0v) is 20.3. The lowest BCUT2D eigenvalue weighted by Crippen LogP contribution is -2.56. The van der Waals surface area contributed by atoms with Crippen molar-refractivity contribution >= 4 is 28.8 Å². The second-order valence-electron chi connectivity index (χ2n) is 10.2. The number of amides is 3. The van der Waals surface area contributed by atoms with Gasteiger partial charge in [-0.1, -0.05) is 39.0 Å². The van der Waals surface area contributed by atoms with E-state index in [1.54, 1.807) is 0 Å². The van der Waals surface area contributed by atoms with Crippen LogP contribution in [0, 0.1) is 5.41 Å². The molecule has 2 heterocycles. The molecule has 2 aromatic rings. The summed E-state index contributed by atoms with van der Waals surface area (Å²) < 4.78 is 1.83. The van der Waals surface area contributed by atoms with E-state index in [9.17, 15) is 19.5 Å². The highest BCUT2D eigenvalue weighted by atomic mass is 16.4. The summed E-state index contributed by atoms with van der Waals surface area (Å²) in [7, 11) is 0. The molecule has 0 bridgehead atoms. The molecule has 1 fully saturated rings. The molecule has 2 atom stereocenters. The molecule has 9 heteroatoms. The number of hydrogen-bond acceptors (Lipinski definition) is 4. The number of para-hydroxylation sites is 1. The van der Waals surface area contributed by atoms with Crippen molar-refractivity contribution in [2.45, 2.75) is 72.0 Å². The minimum atomic E-state index is -1.03. The fourth-order valence-corrected chi connectivity index (χ4v) is 5.01. The number of hydrogen-bond donors (Lipinski definition) is 3. The lowest BCUT2D eigenvalue weighted by Gasteiger charge is -2.47. The van der Waals surface area contributed by atoms with E-state index in [4.69, 9.17) is 0 Å². The smallest absolute Gasteiger partial charge is 0.407 e. The van der Waals surface area contributed by atoms with Crippen LogP contribution in [0.4, 0.5) is 4.79 Å². The van der Waals surface area contributed by atoms with Crippen molar-refractivity contribution in [3.8, 4) is 0 Å². The van der Waals surface area contributed by atoms with Crippen molar-refractivity contribution in [3.05, 3.63) is 30.0 Å². The zero-order chi connectivity index (χ0) is 24.6. The van der Waals surface area contributed by atoms with Crippen LogP contribution in [0.3, 0.4) is 0 Å². The van der Waals surface area contributed by atoms with Crippen LogP contribution in [-0.4, -0.2) is 62.4 Å². The number of rotatable bonds is 6. The van der Waals surface area contributed by atoms with Crippen molar-refractivity contribution < 1.29 is 19.5 Å². The monoisotopic (exact) mass is 457 g/mol. The molecule has 3 N–H and O–H groups in total. The molecule has 0 unspecified atom stereocenters. The number of likely N-dealkylation sites (tertiary alicyclic amines) is 1. The van der Waals surface area contributed by atoms with Crippen molar-refractivity contribution in [2.75, 3.05) is 13.1 Å². The van der Waals surface area contributed by atoms with Crippen LogP contribution in [-0.2, 0) is 4.79 Å². The van der Waals surface area contributed by atoms with Gasteiger partial charge in [0.15, 0.2) is 5.69 Å². The molecule has 1 aromatic carbocycles. The maximum Gasteiger partial charge on any atom is 0.407 e. The second kappa shape index (κ2) is 9.03. The Bertz CT molecular complexity index is 1050. The number of carboxylic acid groups (broad SMARTS) is 1. The highest BCUT2D eigenvalue weighted by Crippen LogP contribution is 2.46. The molecule has 9 nitrogen and oxygen atoms in total. The molecule has 0 saturated carbocycles. The topological polar surface area (TPSA) is 117 Å². The van der Waals surface area contributed by atoms with E-state index in [0.717, 1.165) is 10.9 Å². The molecule has 0 radical (unpaired) electrons. The Morgan fingerprint density at radius 3 is 2.48 bits per heavy atom. The summed E-state index contributed by atoms with van der Waals surface area (Å²) in [5.41, 5.74) is 0.0802. The number of nitrogens with zero attached hydrogens (tertiary/aromatic N) is 3. The summed E-state index contributed by atoms with van der Waals surface area (Å²) in [5, 5.41) is 21.2. The molecule has 1 aliphatic heterocycles. The molecule has 3 amide bonds. The fourth-order valence-electron chi connectivity index (χ4n) is 5.01. The third-order valence-corrected chi connectivity index (χ3v) is 6.70. The predicted octanol–water partition coefficient (Wildman–Crippen LogP) is 3.41. The van der Waals surface area contributed by atoms with Gasteiger partial charge in [0.1, 0.15) is 0 Å². The fraction of sp³-hybridized carbons (Fsp3) is 0.583. The number of carbonyl (C=O) groups is 3. The summed E-state index contributed by atoms with van der Waals surface area (Å²) in [6.45, 7) is 12.0. The van der Waals surface area contributed by atoms with E-state index in [-0.39, 0.29) is 30.4 Å². The van der Waals surface area contributed by atoms with Crippen molar-refractivity contribution in [2.24, 2.45) is 5.41 Å². The van der Waals surface area contributed by atoms with Crippen LogP contribution in [0.15, 0.2) is 24.3 Å². The van der Waals surface area contributed by atoms with Crippen LogP contribution in [0.25, 0.3) is 10.9 Å². The number of nitrogens with one attached hydrogen (secondary N) is 2. The normalized spacial score (nSPS) is 20.9. The Balaban J connectivity index is 1.89. The van der Waals surface area contributed by atoms with Gasteiger partial charge in [-0.2, -0.15) is 5.10 Å². The number of carbonyl (C=O) groups excluding carboxylic acids is 2. The summed E-state index contributed by atoms with van der Waals surface area (Å²) in [6, 6.07) is 7.33. The first-order chi connectivity index (χ1) is 15.4. The third-order valence-electron chi connectivity index (χ3n) is 6.70. The Morgan fingerprint density at radius 2 is 1.91 bits per heavy atom. The average Bonchev–Trinajstić information content (AvgIpc) is 3.27. The Labute approximate surface area is 194 Å². The van der Waals surface area contributed by atoms with Crippen LogP contribution < -0.4 is 10.6 Å². The average molecular weight is 458 g/mol. The lowest BCUT2D eigenvalue weighted by atomic mass is 9.69. The van der Waals surface area contributed by atoms with Crippen LogP contribution in [0.2, 0.25) is 0 Å². The van der Waals surface area contributed by atoms with Gasteiger partial charge in [0, 0.05) is 37.5 Å². The van der Waals surface area contributed by atoms with Gasteiger partial charge in [0.25, 0.3) is 5.91 Å². The maximum absolute atomic E-state index is 13.3. The van der Waals surface area contributed by atoms with Gasteiger partial charge in [-0.25, -0.2) is 4.79 Å². The summed E-state index contributed by atoms with van der Waals surface area (Å²) in [6.07, 6.45) is -0.115. The van der Waals surface area contributed by atoms with Crippen LogP contribution in [0.1, 0.15) is 70.9 Å². The molecule has 1 saturated heterocycles. The van der Waals surface area contributed by atoms with Gasteiger partial charge >= 0.3 is 6.09 Å². The molecule has 33 heavy (non-hydrogen) atoms. The number of aromatic nitrogens is 2. The summed E-state index contributed by atoms with van der Waals surface area (Å²) >= 11 is 0. The highest BCUT2D eigenvalue weighted by Gasteiger charge is 2.54. The first-order valence-corrected chi connectivity index (χ1v) is 11.4.